The molecule has 0 aromatic rings. The van der Waals surface area contributed by atoms with Gasteiger partial charge in [0.15, 0.2) is 0 Å². The second kappa shape index (κ2) is 6.22. The molecule has 0 aromatic carbocycles. The van der Waals surface area contributed by atoms with Crippen LogP contribution in [0.5, 0.6) is 0 Å². The number of carbonyl (C=O) groups excluding carboxylic acids is 1. The summed E-state index contributed by atoms with van der Waals surface area (Å²) in [5, 5.41) is 2.52. The maximum Gasteiger partial charge on any atom is 0.518 e. The fraction of sp³-hybridized carbons (Fsp3) is 0.889. The third-order valence-electron chi connectivity index (χ3n) is 1.40. The van der Waals surface area contributed by atoms with Gasteiger partial charge in [-0.1, -0.05) is 0 Å². The van der Waals surface area contributed by atoms with E-state index in [-0.39, 0.29) is 24.3 Å². The van der Waals surface area contributed by atoms with Gasteiger partial charge in [-0.2, -0.15) is 0 Å². The summed E-state index contributed by atoms with van der Waals surface area (Å²) < 4.78 is 10.7. The smallest absolute Gasteiger partial charge is 0.389 e. The SMILES string of the molecule is CC(=O)NC[Si](O)(OC(C)C)OC(C)C. The van der Waals surface area contributed by atoms with Gasteiger partial charge in [-0.05, 0) is 27.7 Å². The van der Waals surface area contributed by atoms with Crippen LogP contribution in [0.1, 0.15) is 34.6 Å². The third kappa shape index (κ3) is 7.49. The summed E-state index contributed by atoms with van der Waals surface area (Å²) in [4.78, 5) is 20.8. The van der Waals surface area contributed by atoms with Crippen LogP contribution in [0, 0.1) is 0 Å². The van der Waals surface area contributed by atoms with Crippen LogP contribution in [-0.4, -0.2) is 37.9 Å². The minimum atomic E-state index is -3.27. The highest BCUT2D eigenvalue weighted by atomic mass is 28.4. The first-order chi connectivity index (χ1) is 6.75. The monoisotopic (exact) mass is 235 g/mol. The Bertz CT molecular complexity index is 198. The third-order valence-corrected chi connectivity index (χ3v) is 3.70. The summed E-state index contributed by atoms with van der Waals surface area (Å²) >= 11 is 0. The topological polar surface area (TPSA) is 67.8 Å². The predicted octanol–water partition coefficient (Wildman–Crippen LogP) is 0.443. The fourth-order valence-electron chi connectivity index (χ4n) is 1.08. The van der Waals surface area contributed by atoms with E-state index in [0.29, 0.717) is 0 Å². The molecular weight excluding hydrogens is 214 g/mol. The zero-order chi connectivity index (χ0) is 12.1. The molecule has 0 aliphatic carbocycles. The predicted molar refractivity (Wildman–Crippen MR) is 59.1 cm³/mol. The molecule has 6 heteroatoms. The van der Waals surface area contributed by atoms with Crippen molar-refractivity contribution in [2.45, 2.75) is 46.8 Å². The molecular formula is C9H21NO4Si. The molecule has 0 aliphatic rings. The molecule has 15 heavy (non-hydrogen) atoms. The molecule has 90 valence electrons. The lowest BCUT2D eigenvalue weighted by atomic mass is 10.5. The van der Waals surface area contributed by atoms with Crippen LogP contribution >= 0.6 is 0 Å². The molecule has 0 aromatic heterocycles. The standard InChI is InChI=1S/C9H21NO4Si/c1-7(2)13-15(12,14-8(3)4)6-10-9(5)11/h7-8,12H,6H2,1-5H3,(H,10,11). The minimum Gasteiger partial charge on any atom is -0.389 e. The van der Waals surface area contributed by atoms with Gasteiger partial charge in [0.1, 0.15) is 0 Å². The van der Waals surface area contributed by atoms with E-state index in [2.05, 4.69) is 5.32 Å². The van der Waals surface area contributed by atoms with E-state index in [0.717, 1.165) is 0 Å². The van der Waals surface area contributed by atoms with Gasteiger partial charge >= 0.3 is 8.80 Å². The van der Waals surface area contributed by atoms with Crippen LogP contribution in [0.25, 0.3) is 0 Å². The number of nitrogens with one attached hydrogen (secondary N) is 1. The highest BCUT2D eigenvalue weighted by Crippen LogP contribution is 2.09. The van der Waals surface area contributed by atoms with E-state index in [1.54, 1.807) is 0 Å². The van der Waals surface area contributed by atoms with Crippen molar-refractivity contribution in [3.05, 3.63) is 0 Å². The molecule has 0 heterocycles. The highest BCUT2D eigenvalue weighted by molar-refractivity contribution is 6.59. The lowest BCUT2D eigenvalue weighted by Gasteiger charge is -2.28. The molecule has 0 fully saturated rings. The Hall–Kier alpha value is -0.433. The highest BCUT2D eigenvalue weighted by Gasteiger charge is 2.39. The lowest BCUT2D eigenvalue weighted by Crippen LogP contribution is -2.55. The Balaban J connectivity index is 4.32. The van der Waals surface area contributed by atoms with E-state index >= 15 is 0 Å². The molecule has 0 saturated heterocycles. The van der Waals surface area contributed by atoms with Crippen molar-refractivity contribution in [1.82, 2.24) is 5.32 Å². The van der Waals surface area contributed by atoms with Crippen molar-refractivity contribution in [1.29, 1.82) is 0 Å². The summed E-state index contributed by atoms with van der Waals surface area (Å²) in [6.45, 7) is 8.65. The number of amides is 1. The molecule has 0 aliphatic heterocycles. The van der Waals surface area contributed by atoms with Gasteiger partial charge in [-0.3, -0.25) is 4.79 Å². The second-order valence-electron chi connectivity index (χ2n) is 3.96. The summed E-state index contributed by atoms with van der Waals surface area (Å²) in [6, 6.07) is 0. The second-order valence-corrected chi connectivity index (χ2v) is 6.21. The summed E-state index contributed by atoms with van der Waals surface area (Å²) in [6.07, 6.45) is -0.207. The average molecular weight is 235 g/mol. The van der Waals surface area contributed by atoms with E-state index in [9.17, 15) is 9.59 Å². The molecule has 0 radical (unpaired) electrons. The molecule has 0 unspecified atom stereocenters. The van der Waals surface area contributed by atoms with Crippen molar-refractivity contribution >= 4 is 14.7 Å². The molecule has 2 N–H and O–H groups in total. The molecule has 0 bridgehead atoms. The molecule has 0 rings (SSSR count). The number of rotatable bonds is 6. The van der Waals surface area contributed by atoms with Crippen LogP contribution in [-0.2, 0) is 13.6 Å². The molecule has 0 saturated carbocycles. The van der Waals surface area contributed by atoms with Gasteiger partial charge in [0.25, 0.3) is 0 Å². The number of hydrogen-bond donors (Lipinski definition) is 2. The van der Waals surface area contributed by atoms with E-state index in [1.165, 1.54) is 6.92 Å². The van der Waals surface area contributed by atoms with Crippen LogP contribution in [0.15, 0.2) is 0 Å². The van der Waals surface area contributed by atoms with Crippen LogP contribution in [0.4, 0.5) is 0 Å². The first-order valence-corrected chi connectivity index (χ1v) is 7.04. The van der Waals surface area contributed by atoms with Gasteiger partial charge in [-0.15, -0.1) is 0 Å². The molecule has 1 amide bonds. The van der Waals surface area contributed by atoms with E-state index in [1.807, 2.05) is 27.7 Å². The van der Waals surface area contributed by atoms with E-state index in [4.69, 9.17) is 8.85 Å². The first-order valence-electron chi connectivity index (χ1n) is 5.07. The normalized spacial score (nSPS) is 12.3. The van der Waals surface area contributed by atoms with Gasteiger partial charge in [-0.25, -0.2) is 0 Å². The fourth-order valence-corrected chi connectivity index (χ4v) is 3.25. The summed E-state index contributed by atoms with van der Waals surface area (Å²) in [5.74, 6) is -0.208. The number of hydrogen-bond acceptors (Lipinski definition) is 4. The lowest BCUT2D eigenvalue weighted by molar-refractivity contribution is -0.119. The minimum absolute atomic E-state index is 0.0543. The van der Waals surface area contributed by atoms with Crippen molar-refractivity contribution in [2.24, 2.45) is 0 Å². The van der Waals surface area contributed by atoms with Crippen molar-refractivity contribution in [3.63, 3.8) is 0 Å². The van der Waals surface area contributed by atoms with Gasteiger partial charge in [0.05, 0.1) is 6.17 Å². The first kappa shape index (κ1) is 14.6. The van der Waals surface area contributed by atoms with Crippen molar-refractivity contribution < 1.29 is 18.4 Å². The number of carbonyl (C=O) groups is 1. The zero-order valence-electron chi connectivity index (χ0n) is 10.0. The Morgan fingerprint density at radius 1 is 1.27 bits per heavy atom. The Kier molecular flexibility index (Phi) is 6.04. The summed E-state index contributed by atoms with van der Waals surface area (Å²) in [5.41, 5.74) is 0. The largest absolute Gasteiger partial charge is 0.518 e. The van der Waals surface area contributed by atoms with Gasteiger partial charge in [0, 0.05) is 19.1 Å². The van der Waals surface area contributed by atoms with Crippen LogP contribution in [0.3, 0.4) is 0 Å². The van der Waals surface area contributed by atoms with E-state index < -0.39 is 8.80 Å². The maximum atomic E-state index is 10.8. The molecule has 0 atom stereocenters. The van der Waals surface area contributed by atoms with Crippen LogP contribution < -0.4 is 5.32 Å². The average Bonchev–Trinajstić information content (AvgIpc) is 1.97. The molecule has 5 nitrogen and oxygen atoms in total. The Morgan fingerprint density at radius 2 is 1.67 bits per heavy atom. The molecule has 0 spiro atoms. The Morgan fingerprint density at radius 3 is 1.93 bits per heavy atom. The Labute approximate surface area is 92.1 Å². The quantitative estimate of drug-likeness (QED) is 0.656. The van der Waals surface area contributed by atoms with Crippen LogP contribution in [0.2, 0.25) is 0 Å². The zero-order valence-corrected chi connectivity index (χ0v) is 11.0. The summed E-state index contributed by atoms with van der Waals surface area (Å²) in [7, 11) is -3.27. The van der Waals surface area contributed by atoms with Gasteiger partial charge in [0.2, 0.25) is 5.91 Å². The van der Waals surface area contributed by atoms with Crippen molar-refractivity contribution in [2.75, 3.05) is 6.17 Å². The van der Waals surface area contributed by atoms with Crippen molar-refractivity contribution in [3.8, 4) is 0 Å². The maximum absolute atomic E-state index is 10.8. The van der Waals surface area contributed by atoms with Gasteiger partial charge < -0.3 is 19.0 Å².